The Morgan fingerprint density at radius 3 is 2.73 bits per heavy atom. The highest BCUT2D eigenvalue weighted by Crippen LogP contribution is 2.19. The second-order valence-electron chi connectivity index (χ2n) is 3.28. The molecule has 0 spiro atoms. The molecule has 0 fully saturated rings. The van der Waals surface area contributed by atoms with Gasteiger partial charge in [-0.2, -0.15) is 0 Å². The molecule has 15 heavy (non-hydrogen) atoms. The number of rotatable bonds is 5. The zero-order chi connectivity index (χ0) is 11.3. The quantitative estimate of drug-likeness (QED) is 0.796. The second-order valence-corrected chi connectivity index (χ2v) is 6.71. The molecule has 5 heteroatoms. The van der Waals surface area contributed by atoms with Crippen LogP contribution in [0.15, 0.2) is 29.2 Å². The number of thioether (sulfide) groups is 1. The van der Waals surface area contributed by atoms with Gasteiger partial charge in [0.25, 0.3) is 0 Å². The van der Waals surface area contributed by atoms with Gasteiger partial charge in [-0.05, 0) is 17.7 Å². The van der Waals surface area contributed by atoms with Crippen molar-refractivity contribution in [1.29, 1.82) is 0 Å². The first-order valence-corrected chi connectivity index (χ1v) is 7.56. The maximum absolute atomic E-state index is 10.9. The summed E-state index contributed by atoms with van der Waals surface area (Å²) in [5.74, 6) is 0.731. The third kappa shape index (κ3) is 5.20. The van der Waals surface area contributed by atoms with Crippen LogP contribution in [0.2, 0.25) is 0 Å². The standard InChI is InChI=1S/C10H14O3S2/c1-15(12,13)6-5-14-10-4-2-3-9(7-10)8-11/h2-4,7,11H,5-6,8H2,1H3. The average molecular weight is 246 g/mol. The number of hydrogen-bond acceptors (Lipinski definition) is 4. The van der Waals surface area contributed by atoms with Crippen molar-refractivity contribution in [1.82, 2.24) is 0 Å². The predicted octanol–water partition coefficient (Wildman–Crippen LogP) is 1.32. The largest absolute Gasteiger partial charge is 0.392 e. The first kappa shape index (κ1) is 12.5. The summed E-state index contributed by atoms with van der Waals surface area (Å²) in [7, 11) is -2.88. The SMILES string of the molecule is CS(=O)(=O)CCSc1cccc(CO)c1. The minimum atomic E-state index is -2.88. The summed E-state index contributed by atoms with van der Waals surface area (Å²) in [4.78, 5) is 0.991. The van der Waals surface area contributed by atoms with Gasteiger partial charge in [0.05, 0.1) is 12.4 Å². The Balaban J connectivity index is 2.51. The van der Waals surface area contributed by atoms with E-state index in [9.17, 15) is 8.42 Å². The lowest BCUT2D eigenvalue weighted by Gasteiger charge is -2.02. The molecule has 0 aliphatic rings. The summed E-state index contributed by atoms with van der Waals surface area (Å²) in [6, 6.07) is 7.47. The molecule has 0 aliphatic carbocycles. The zero-order valence-corrected chi connectivity index (χ0v) is 10.1. The molecule has 1 N–H and O–H groups in total. The van der Waals surface area contributed by atoms with E-state index in [-0.39, 0.29) is 12.4 Å². The van der Waals surface area contributed by atoms with Crippen LogP contribution in [0.4, 0.5) is 0 Å². The molecule has 0 unspecified atom stereocenters. The molecule has 0 radical (unpaired) electrons. The molecule has 3 nitrogen and oxygen atoms in total. The monoisotopic (exact) mass is 246 g/mol. The fourth-order valence-corrected chi connectivity index (χ4v) is 3.23. The van der Waals surface area contributed by atoms with Crippen LogP contribution >= 0.6 is 11.8 Å². The van der Waals surface area contributed by atoms with E-state index in [1.165, 1.54) is 18.0 Å². The Morgan fingerprint density at radius 1 is 1.40 bits per heavy atom. The van der Waals surface area contributed by atoms with Crippen LogP contribution in [0, 0.1) is 0 Å². The van der Waals surface area contributed by atoms with Gasteiger partial charge in [-0.3, -0.25) is 0 Å². The van der Waals surface area contributed by atoms with E-state index in [4.69, 9.17) is 5.11 Å². The van der Waals surface area contributed by atoms with Gasteiger partial charge in [0, 0.05) is 16.9 Å². The van der Waals surface area contributed by atoms with E-state index >= 15 is 0 Å². The lowest BCUT2D eigenvalue weighted by Crippen LogP contribution is -2.04. The maximum atomic E-state index is 10.9. The van der Waals surface area contributed by atoms with E-state index in [0.29, 0.717) is 5.75 Å². The van der Waals surface area contributed by atoms with Crippen molar-refractivity contribution in [3.63, 3.8) is 0 Å². The third-order valence-corrected chi connectivity index (χ3v) is 4.00. The summed E-state index contributed by atoms with van der Waals surface area (Å²) >= 11 is 1.49. The minimum Gasteiger partial charge on any atom is -0.392 e. The van der Waals surface area contributed by atoms with Crippen molar-refractivity contribution in [2.24, 2.45) is 0 Å². The van der Waals surface area contributed by atoms with Crippen molar-refractivity contribution in [2.75, 3.05) is 17.8 Å². The highest BCUT2D eigenvalue weighted by atomic mass is 32.2. The summed E-state index contributed by atoms with van der Waals surface area (Å²) in [6.07, 6.45) is 1.23. The van der Waals surface area contributed by atoms with Gasteiger partial charge in [-0.25, -0.2) is 8.42 Å². The fraction of sp³-hybridized carbons (Fsp3) is 0.400. The van der Waals surface area contributed by atoms with E-state index in [1.54, 1.807) is 0 Å². The number of aliphatic hydroxyl groups excluding tert-OH is 1. The second kappa shape index (κ2) is 5.53. The number of aliphatic hydroxyl groups is 1. The Bertz CT molecular complexity index is 412. The normalized spacial score (nSPS) is 11.6. The van der Waals surface area contributed by atoms with Crippen LogP contribution in [0.5, 0.6) is 0 Å². The summed E-state index contributed by atoms with van der Waals surface area (Å²) < 4.78 is 21.8. The van der Waals surface area contributed by atoms with Gasteiger partial charge in [0.2, 0.25) is 0 Å². The molecule has 84 valence electrons. The zero-order valence-electron chi connectivity index (χ0n) is 8.51. The van der Waals surface area contributed by atoms with Crippen LogP contribution < -0.4 is 0 Å². The van der Waals surface area contributed by atoms with Gasteiger partial charge < -0.3 is 5.11 Å². The molecular weight excluding hydrogens is 232 g/mol. The van der Waals surface area contributed by atoms with Crippen molar-refractivity contribution < 1.29 is 13.5 Å². The lowest BCUT2D eigenvalue weighted by atomic mass is 10.2. The lowest BCUT2D eigenvalue weighted by molar-refractivity contribution is 0.281. The first-order valence-electron chi connectivity index (χ1n) is 4.51. The molecular formula is C10H14O3S2. The van der Waals surface area contributed by atoms with Crippen molar-refractivity contribution >= 4 is 21.6 Å². The van der Waals surface area contributed by atoms with Crippen LogP contribution in [-0.4, -0.2) is 31.3 Å². The summed E-state index contributed by atoms with van der Waals surface area (Å²) in [5, 5.41) is 8.91. The van der Waals surface area contributed by atoms with E-state index in [1.807, 2.05) is 24.3 Å². The van der Waals surface area contributed by atoms with Gasteiger partial charge in [0.1, 0.15) is 9.84 Å². The van der Waals surface area contributed by atoms with Crippen LogP contribution in [0.3, 0.4) is 0 Å². The third-order valence-electron chi connectivity index (χ3n) is 1.80. The molecule has 0 saturated carbocycles. The Labute approximate surface area is 94.4 Å². The smallest absolute Gasteiger partial charge is 0.148 e. The highest BCUT2D eigenvalue weighted by Gasteiger charge is 2.02. The van der Waals surface area contributed by atoms with E-state index in [2.05, 4.69) is 0 Å². The molecule has 0 saturated heterocycles. The predicted molar refractivity (Wildman–Crippen MR) is 62.8 cm³/mol. The molecule has 1 aromatic carbocycles. The molecule has 0 amide bonds. The molecule has 0 bridgehead atoms. The Morgan fingerprint density at radius 2 is 2.13 bits per heavy atom. The Kier molecular flexibility index (Phi) is 4.63. The average Bonchev–Trinajstić information content (AvgIpc) is 2.16. The van der Waals surface area contributed by atoms with Crippen molar-refractivity contribution in [3.8, 4) is 0 Å². The van der Waals surface area contributed by atoms with Crippen molar-refractivity contribution in [2.45, 2.75) is 11.5 Å². The van der Waals surface area contributed by atoms with Crippen LogP contribution in [0.1, 0.15) is 5.56 Å². The summed E-state index contributed by atoms with van der Waals surface area (Å²) in [5.41, 5.74) is 0.847. The molecule has 0 aliphatic heterocycles. The fourth-order valence-electron chi connectivity index (χ4n) is 1.04. The topological polar surface area (TPSA) is 54.4 Å². The van der Waals surface area contributed by atoms with Gasteiger partial charge in [0.15, 0.2) is 0 Å². The first-order chi connectivity index (χ1) is 7.01. The maximum Gasteiger partial charge on any atom is 0.148 e. The molecule has 0 aromatic heterocycles. The minimum absolute atomic E-state index is 0.0144. The number of sulfone groups is 1. The molecule has 0 atom stereocenters. The number of benzene rings is 1. The molecule has 1 rings (SSSR count). The highest BCUT2D eigenvalue weighted by molar-refractivity contribution is 8.00. The van der Waals surface area contributed by atoms with Gasteiger partial charge in [-0.1, -0.05) is 12.1 Å². The number of hydrogen-bond donors (Lipinski definition) is 1. The Hall–Kier alpha value is -0.520. The van der Waals surface area contributed by atoms with Gasteiger partial charge in [-0.15, -0.1) is 11.8 Å². The summed E-state index contributed by atoms with van der Waals surface area (Å²) in [6.45, 7) is 0.0144. The van der Waals surface area contributed by atoms with Gasteiger partial charge >= 0.3 is 0 Å². The molecule has 0 heterocycles. The van der Waals surface area contributed by atoms with E-state index < -0.39 is 9.84 Å². The molecule has 1 aromatic rings. The van der Waals surface area contributed by atoms with Crippen LogP contribution in [-0.2, 0) is 16.4 Å². The van der Waals surface area contributed by atoms with Crippen LogP contribution in [0.25, 0.3) is 0 Å². The van der Waals surface area contributed by atoms with E-state index in [0.717, 1.165) is 10.5 Å². The van der Waals surface area contributed by atoms with Crippen molar-refractivity contribution in [3.05, 3.63) is 29.8 Å².